The number of halogens is 1. The molecule has 1 aliphatic rings. The van der Waals surface area contributed by atoms with Crippen LogP contribution < -0.4 is 10.2 Å². The average Bonchev–Trinajstić information content (AvgIpc) is 2.96. The van der Waals surface area contributed by atoms with Crippen molar-refractivity contribution in [2.75, 3.05) is 12.0 Å². The number of ether oxygens (including phenoxy) is 2. The molecule has 0 aliphatic carbocycles. The minimum Gasteiger partial charge on any atom is -0.467 e. The second kappa shape index (κ2) is 8.82. The zero-order valence-electron chi connectivity index (χ0n) is 16.9. The predicted octanol–water partition coefficient (Wildman–Crippen LogP) is 3.46. The maximum Gasteiger partial charge on any atom is 0.408 e. The van der Waals surface area contributed by atoms with Crippen LogP contribution in [0.5, 0.6) is 0 Å². The van der Waals surface area contributed by atoms with Crippen molar-refractivity contribution in [1.29, 1.82) is 0 Å². The number of alkyl carbamates (subject to hydrolysis) is 1. The van der Waals surface area contributed by atoms with Gasteiger partial charge in [0.2, 0.25) is 0 Å². The molecule has 0 saturated carbocycles. The van der Waals surface area contributed by atoms with E-state index in [0.717, 1.165) is 5.56 Å². The first kappa shape index (κ1) is 22.0. The Balaban J connectivity index is 2.32. The highest BCUT2D eigenvalue weighted by Gasteiger charge is 2.42. The van der Waals surface area contributed by atoms with Crippen LogP contribution in [-0.2, 0) is 25.5 Å². The molecule has 0 saturated heterocycles. The molecule has 1 N–H and O–H groups in total. The largest absolute Gasteiger partial charge is 0.467 e. The summed E-state index contributed by atoms with van der Waals surface area (Å²) in [5.74, 6) is -0.905. The Morgan fingerprint density at radius 1 is 1.32 bits per heavy atom. The molecule has 0 spiro atoms. The van der Waals surface area contributed by atoms with E-state index in [1.807, 2.05) is 6.92 Å². The van der Waals surface area contributed by atoms with E-state index in [1.165, 1.54) is 12.0 Å². The van der Waals surface area contributed by atoms with Crippen LogP contribution in [0, 0.1) is 0 Å². The van der Waals surface area contributed by atoms with E-state index >= 15 is 0 Å². The molecule has 0 bridgehead atoms. The van der Waals surface area contributed by atoms with Gasteiger partial charge in [-0.25, -0.2) is 9.59 Å². The number of benzene rings is 1. The number of nitrogens with zero attached hydrogens (tertiary/aromatic N) is 1. The first-order valence-corrected chi connectivity index (χ1v) is 9.64. The fourth-order valence-electron chi connectivity index (χ4n) is 3.18. The smallest absolute Gasteiger partial charge is 0.408 e. The molecule has 0 fully saturated rings. The number of carbonyl (C=O) groups excluding carboxylic acids is 3. The lowest BCUT2D eigenvalue weighted by Gasteiger charge is -2.29. The van der Waals surface area contributed by atoms with Gasteiger partial charge < -0.3 is 14.8 Å². The highest BCUT2D eigenvalue weighted by Crippen LogP contribution is 2.35. The quantitative estimate of drug-likeness (QED) is 0.751. The molecule has 7 nitrogen and oxygen atoms in total. The Bertz CT molecular complexity index is 759. The molecule has 1 aliphatic heterocycles. The van der Waals surface area contributed by atoms with Gasteiger partial charge in [0.15, 0.2) is 0 Å². The number of methoxy groups -OCH3 is 1. The van der Waals surface area contributed by atoms with Crippen molar-refractivity contribution >= 4 is 35.3 Å². The number of anilines is 1. The minimum atomic E-state index is -0.825. The molecule has 2 amide bonds. The SMILES string of the molecule is CCC[C@H](NC(=O)OC(C)(C)C)C(=O)N1c2ccc(Cl)cc2C[C@@H]1C(=O)OC. The number of nitrogens with one attached hydrogen (secondary N) is 1. The summed E-state index contributed by atoms with van der Waals surface area (Å²) in [6.07, 6.45) is 0.700. The molecule has 1 heterocycles. The molecule has 154 valence electrons. The van der Waals surface area contributed by atoms with Crippen molar-refractivity contribution in [3.05, 3.63) is 28.8 Å². The van der Waals surface area contributed by atoms with Gasteiger partial charge in [0.1, 0.15) is 17.7 Å². The van der Waals surface area contributed by atoms with E-state index in [1.54, 1.807) is 39.0 Å². The van der Waals surface area contributed by atoms with Crippen LogP contribution in [0.25, 0.3) is 0 Å². The van der Waals surface area contributed by atoms with Crippen LogP contribution in [0.3, 0.4) is 0 Å². The number of amides is 2. The van der Waals surface area contributed by atoms with Gasteiger partial charge >= 0.3 is 12.1 Å². The summed E-state index contributed by atoms with van der Waals surface area (Å²) in [6.45, 7) is 7.15. The normalized spacial score (nSPS) is 16.9. The molecular formula is C20H27ClN2O5. The summed E-state index contributed by atoms with van der Waals surface area (Å²) in [4.78, 5) is 39.3. The lowest BCUT2D eigenvalue weighted by molar-refractivity contribution is -0.143. The van der Waals surface area contributed by atoms with E-state index in [9.17, 15) is 14.4 Å². The summed E-state index contributed by atoms with van der Waals surface area (Å²) in [5, 5.41) is 3.16. The third-order valence-electron chi connectivity index (χ3n) is 4.30. The van der Waals surface area contributed by atoms with Crippen molar-refractivity contribution < 1.29 is 23.9 Å². The average molecular weight is 411 g/mol. The highest BCUT2D eigenvalue weighted by atomic mass is 35.5. The van der Waals surface area contributed by atoms with Crippen molar-refractivity contribution in [1.82, 2.24) is 5.32 Å². The van der Waals surface area contributed by atoms with Gasteiger partial charge in [-0.05, 0) is 51.0 Å². The molecule has 2 atom stereocenters. The number of esters is 1. The molecular weight excluding hydrogens is 384 g/mol. The maximum atomic E-state index is 13.3. The van der Waals surface area contributed by atoms with Gasteiger partial charge in [0.05, 0.1) is 7.11 Å². The van der Waals surface area contributed by atoms with Gasteiger partial charge in [-0.1, -0.05) is 24.9 Å². The molecule has 0 radical (unpaired) electrons. The summed E-state index contributed by atoms with van der Waals surface area (Å²) in [5.41, 5.74) is 0.691. The number of hydrogen-bond acceptors (Lipinski definition) is 5. The Labute approximate surface area is 170 Å². The summed E-state index contributed by atoms with van der Waals surface area (Å²) in [6, 6.07) is 3.47. The van der Waals surface area contributed by atoms with Crippen LogP contribution in [0.2, 0.25) is 5.02 Å². The topological polar surface area (TPSA) is 84.9 Å². The van der Waals surface area contributed by atoms with E-state index in [4.69, 9.17) is 21.1 Å². The van der Waals surface area contributed by atoms with Gasteiger partial charge in [-0.15, -0.1) is 0 Å². The standard InChI is InChI=1S/C20H27ClN2O5/c1-6-7-14(22-19(26)28-20(2,3)4)17(24)23-15-9-8-13(21)10-12(15)11-16(23)18(25)27-5/h8-10,14,16H,6-7,11H2,1-5H3,(H,22,26)/t14-,16+/m0/s1. The minimum absolute atomic E-state index is 0.305. The third-order valence-corrected chi connectivity index (χ3v) is 4.54. The lowest BCUT2D eigenvalue weighted by Crippen LogP contribution is -2.53. The molecule has 8 heteroatoms. The van der Waals surface area contributed by atoms with Crippen LogP contribution in [0.4, 0.5) is 10.5 Å². The summed E-state index contributed by atoms with van der Waals surface area (Å²) < 4.78 is 10.2. The van der Waals surface area contributed by atoms with Crippen molar-refractivity contribution in [3.63, 3.8) is 0 Å². The number of hydrogen-bond donors (Lipinski definition) is 1. The van der Waals surface area contributed by atoms with Crippen LogP contribution in [0.15, 0.2) is 18.2 Å². The van der Waals surface area contributed by atoms with Crippen LogP contribution in [-0.4, -0.2) is 42.8 Å². The molecule has 0 aromatic heterocycles. The summed E-state index contributed by atoms with van der Waals surface area (Å²) in [7, 11) is 1.28. The Morgan fingerprint density at radius 2 is 2.00 bits per heavy atom. The third kappa shape index (κ3) is 5.16. The number of rotatable bonds is 5. The van der Waals surface area contributed by atoms with Crippen LogP contribution in [0.1, 0.15) is 46.1 Å². The summed E-state index contributed by atoms with van der Waals surface area (Å²) >= 11 is 6.06. The molecule has 2 rings (SSSR count). The van der Waals surface area contributed by atoms with Crippen molar-refractivity contribution in [3.8, 4) is 0 Å². The van der Waals surface area contributed by atoms with Crippen LogP contribution >= 0.6 is 11.6 Å². The fourth-order valence-corrected chi connectivity index (χ4v) is 3.38. The van der Waals surface area contributed by atoms with Gasteiger partial charge in [0, 0.05) is 17.1 Å². The van der Waals surface area contributed by atoms with E-state index in [-0.39, 0.29) is 5.91 Å². The Morgan fingerprint density at radius 3 is 2.57 bits per heavy atom. The van der Waals surface area contributed by atoms with Gasteiger partial charge in [-0.3, -0.25) is 9.69 Å². The molecule has 28 heavy (non-hydrogen) atoms. The number of carbonyl (C=O) groups is 3. The van der Waals surface area contributed by atoms with Crippen molar-refractivity contribution in [2.45, 2.75) is 64.6 Å². The zero-order valence-corrected chi connectivity index (χ0v) is 17.6. The first-order chi connectivity index (χ1) is 13.1. The van der Waals surface area contributed by atoms with E-state index < -0.39 is 29.7 Å². The molecule has 1 aromatic carbocycles. The first-order valence-electron chi connectivity index (χ1n) is 9.26. The maximum absolute atomic E-state index is 13.3. The monoisotopic (exact) mass is 410 g/mol. The Kier molecular flexibility index (Phi) is 6.93. The number of fused-ring (bicyclic) bond motifs is 1. The Hall–Kier alpha value is -2.28. The van der Waals surface area contributed by atoms with E-state index in [0.29, 0.717) is 30.0 Å². The second-order valence-corrected chi connectivity index (χ2v) is 8.15. The van der Waals surface area contributed by atoms with E-state index in [2.05, 4.69) is 5.32 Å². The molecule has 0 unspecified atom stereocenters. The zero-order chi connectivity index (χ0) is 21.1. The van der Waals surface area contributed by atoms with Crippen molar-refractivity contribution in [2.24, 2.45) is 0 Å². The highest BCUT2D eigenvalue weighted by molar-refractivity contribution is 6.30. The fraction of sp³-hybridized carbons (Fsp3) is 0.550. The lowest BCUT2D eigenvalue weighted by atomic mass is 10.1. The second-order valence-electron chi connectivity index (χ2n) is 7.71. The predicted molar refractivity (Wildman–Crippen MR) is 107 cm³/mol. The van der Waals surface area contributed by atoms with Gasteiger partial charge in [0.25, 0.3) is 5.91 Å². The van der Waals surface area contributed by atoms with Gasteiger partial charge in [-0.2, -0.15) is 0 Å². The molecule has 1 aromatic rings.